The zero-order valence-corrected chi connectivity index (χ0v) is 16.1. The summed E-state index contributed by atoms with van der Waals surface area (Å²) >= 11 is 0. The van der Waals surface area contributed by atoms with Gasteiger partial charge in [-0.15, -0.1) is 0 Å². The third-order valence-corrected chi connectivity index (χ3v) is 4.88. The maximum atomic E-state index is 12.8. The van der Waals surface area contributed by atoms with Gasteiger partial charge in [0.1, 0.15) is 5.56 Å². The van der Waals surface area contributed by atoms with E-state index in [0.717, 1.165) is 11.0 Å². The number of carbonyl (C=O) groups is 4. The van der Waals surface area contributed by atoms with E-state index in [0.29, 0.717) is 0 Å². The van der Waals surface area contributed by atoms with Crippen LogP contribution >= 0.6 is 0 Å². The van der Waals surface area contributed by atoms with Gasteiger partial charge in [0.15, 0.2) is 0 Å². The molecular formula is C22H13N3O7. The predicted octanol–water partition coefficient (Wildman–Crippen LogP) is 3.35. The van der Waals surface area contributed by atoms with Crippen molar-refractivity contribution in [3.05, 3.63) is 99.1 Å². The van der Waals surface area contributed by atoms with Crippen LogP contribution in [0.5, 0.6) is 0 Å². The third kappa shape index (κ3) is 3.35. The first-order valence-corrected chi connectivity index (χ1v) is 9.19. The molecule has 0 unspecified atom stereocenters. The Morgan fingerprint density at radius 1 is 0.906 bits per heavy atom. The highest BCUT2D eigenvalue weighted by Crippen LogP contribution is 2.34. The van der Waals surface area contributed by atoms with Crippen LogP contribution < -0.4 is 10.2 Å². The smallest absolute Gasteiger partial charge is 0.337 e. The molecule has 3 amide bonds. The van der Waals surface area contributed by atoms with Gasteiger partial charge in [-0.1, -0.05) is 18.2 Å². The minimum atomic E-state index is -1.20. The second-order valence-corrected chi connectivity index (χ2v) is 6.75. The van der Waals surface area contributed by atoms with Crippen LogP contribution in [-0.2, 0) is 0 Å². The first-order valence-electron chi connectivity index (χ1n) is 9.19. The predicted molar refractivity (Wildman–Crippen MR) is 112 cm³/mol. The largest absolute Gasteiger partial charge is 0.478 e. The number of rotatable bonds is 5. The number of amides is 3. The number of fused-ring (bicyclic) bond motifs is 1. The Balaban J connectivity index is 1.60. The lowest BCUT2D eigenvalue weighted by atomic mass is 10.1. The zero-order chi connectivity index (χ0) is 23.0. The van der Waals surface area contributed by atoms with Crippen LogP contribution in [-0.4, -0.2) is 33.7 Å². The Bertz CT molecular complexity index is 1320. The van der Waals surface area contributed by atoms with Crippen LogP contribution in [0.25, 0.3) is 0 Å². The molecule has 10 nitrogen and oxygen atoms in total. The van der Waals surface area contributed by atoms with Gasteiger partial charge < -0.3 is 10.4 Å². The van der Waals surface area contributed by atoms with Gasteiger partial charge in [-0.3, -0.25) is 24.5 Å². The maximum Gasteiger partial charge on any atom is 0.337 e. The van der Waals surface area contributed by atoms with Crippen LogP contribution in [0.3, 0.4) is 0 Å². The number of carboxylic acids is 1. The van der Waals surface area contributed by atoms with Crippen molar-refractivity contribution >= 4 is 40.8 Å². The highest BCUT2D eigenvalue weighted by atomic mass is 16.6. The highest BCUT2D eigenvalue weighted by Gasteiger charge is 2.41. The lowest BCUT2D eigenvalue weighted by Gasteiger charge is -2.14. The molecule has 0 aromatic heterocycles. The summed E-state index contributed by atoms with van der Waals surface area (Å²) in [4.78, 5) is 60.6. The summed E-state index contributed by atoms with van der Waals surface area (Å²) in [5.41, 5.74) is -0.501. The quantitative estimate of drug-likeness (QED) is 0.358. The van der Waals surface area contributed by atoms with Crippen molar-refractivity contribution in [3.8, 4) is 0 Å². The highest BCUT2D eigenvalue weighted by molar-refractivity contribution is 6.35. The molecular weight excluding hydrogens is 418 g/mol. The number of hydrogen-bond donors (Lipinski definition) is 2. The normalized spacial score (nSPS) is 12.4. The Hall–Kier alpha value is -4.86. The van der Waals surface area contributed by atoms with E-state index in [1.54, 1.807) is 6.07 Å². The molecule has 1 heterocycles. The Morgan fingerprint density at radius 2 is 1.59 bits per heavy atom. The number of imide groups is 1. The minimum Gasteiger partial charge on any atom is -0.478 e. The summed E-state index contributed by atoms with van der Waals surface area (Å²) in [5, 5.41) is 23.0. The molecule has 0 bridgehead atoms. The van der Waals surface area contributed by atoms with Crippen molar-refractivity contribution in [2.75, 3.05) is 10.2 Å². The first-order chi connectivity index (χ1) is 15.3. The molecule has 4 rings (SSSR count). The molecule has 1 aliphatic heterocycles. The molecule has 0 saturated carbocycles. The summed E-state index contributed by atoms with van der Waals surface area (Å²) < 4.78 is 0. The fraction of sp³-hybridized carbons (Fsp3) is 0. The number of nitrogens with zero attached hydrogens (tertiary/aromatic N) is 2. The Kier molecular flexibility index (Phi) is 4.95. The van der Waals surface area contributed by atoms with E-state index < -0.39 is 34.3 Å². The number of para-hydroxylation sites is 1. The van der Waals surface area contributed by atoms with E-state index in [-0.39, 0.29) is 33.6 Å². The summed E-state index contributed by atoms with van der Waals surface area (Å²) in [7, 11) is 0. The van der Waals surface area contributed by atoms with Crippen molar-refractivity contribution in [1.29, 1.82) is 0 Å². The van der Waals surface area contributed by atoms with E-state index in [9.17, 15) is 34.4 Å². The van der Waals surface area contributed by atoms with E-state index in [1.807, 2.05) is 0 Å². The van der Waals surface area contributed by atoms with Crippen molar-refractivity contribution in [2.45, 2.75) is 0 Å². The van der Waals surface area contributed by atoms with Gasteiger partial charge in [0, 0.05) is 11.6 Å². The van der Waals surface area contributed by atoms with Crippen molar-refractivity contribution in [2.24, 2.45) is 0 Å². The van der Waals surface area contributed by atoms with E-state index >= 15 is 0 Å². The topological polar surface area (TPSA) is 147 Å². The molecule has 3 aromatic rings. The van der Waals surface area contributed by atoms with Gasteiger partial charge in [-0.05, 0) is 42.5 Å². The number of aromatic carboxylic acids is 1. The van der Waals surface area contributed by atoms with E-state index in [2.05, 4.69) is 5.32 Å². The van der Waals surface area contributed by atoms with Crippen LogP contribution in [0.15, 0.2) is 66.7 Å². The number of benzene rings is 3. The van der Waals surface area contributed by atoms with Gasteiger partial charge in [0.25, 0.3) is 23.4 Å². The maximum absolute atomic E-state index is 12.8. The fourth-order valence-electron chi connectivity index (χ4n) is 3.39. The molecule has 2 N–H and O–H groups in total. The summed E-state index contributed by atoms with van der Waals surface area (Å²) in [6.07, 6.45) is 0. The minimum absolute atomic E-state index is 0.0729. The van der Waals surface area contributed by atoms with Gasteiger partial charge in [0.2, 0.25) is 0 Å². The van der Waals surface area contributed by atoms with Gasteiger partial charge >= 0.3 is 5.97 Å². The molecule has 0 radical (unpaired) electrons. The molecule has 158 valence electrons. The van der Waals surface area contributed by atoms with Crippen molar-refractivity contribution < 1.29 is 29.2 Å². The van der Waals surface area contributed by atoms with Crippen molar-refractivity contribution in [1.82, 2.24) is 0 Å². The number of carbonyl (C=O) groups excluding carboxylic acids is 3. The van der Waals surface area contributed by atoms with Crippen LogP contribution in [0, 0.1) is 10.1 Å². The third-order valence-electron chi connectivity index (χ3n) is 4.88. The Morgan fingerprint density at radius 3 is 2.25 bits per heavy atom. The van der Waals surface area contributed by atoms with Crippen LogP contribution in [0.4, 0.5) is 17.1 Å². The molecule has 0 atom stereocenters. The summed E-state index contributed by atoms with van der Waals surface area (Å²) in [5.74, 6) is -3.33. The van der Waals surface area contributed by atoms with E-state index in [4.69, 9.17) is 0 Å². The number of hydrogen-bond acceptors (Lipinski definition) is 6. The average Bonchev–Trinajstić information content (AvgIpc) is 3.04. The monoisotopic (exact) mass is 431 g/mol. The Labute approximate surface area is 179 Å². The van der Waals surface area contributed by atoms with Crippen LogP contribution in [0.2, 0.25) is 0 Å². The molecule has 0 fully saturated rings. The standard InChI is InChI=1S/C22H13N3O7/c26-19(23-16-6-2-1-4-14(16)22(29)30)12-8-10-13(11-9-12)24-20(27)15-5-3-7-17(25(31)32)18(15)21(24)28/h1-11H,(H,23,26)(H,29,30). The van der Waals surface area contributed by atoms with Gasteiger partial charge in [-0.2, -0.15) is 0 Å². The average molecular weight is 431 g/mol. The number of anilines is 2. The van der Waals surface area contributed by atoms with Gasteiger partial charge in [0.05, 0.1) is 27.4 Å². The molecule has 0 saturated heterocycles. The summed E-state index contributed by atoms with van der Waals surface area (Å²) in [6.45, 7) is 0. The summed E-state index contributed by atoms with van der Waals surface area (Å²) in [6, 6.07) is 15.1. The van der Waals surface area contributed by atoms with Crippen molar-refractivity contribution in [3.63, 3.8) is 0 Å². The molecule has 3 aromatic carbocycles. The second-order valence-electron chi connectivity index (χ2n) is 6.75. The number of nitro groups is 1. The number of nitrogens with one attached hydrogen (secondary N) is 1. The molecule has 10 heteroatoms. The second kappa shape index (κ2) is 7.76. The first kappa shape index (κ1) is 20.4. The molecule has 32 heavy (non-hydrogen) atoms. The fourth-order valence-corrected chi connectivity index (χ4v) is 3.39. The van der Waals surface area contributed by atoms with E-state index in [1.165, 1.54) is 54.6 Å². The van der Waals surface area contributed by atoms with Gasteiger partial charge in [-0.25, -0.2) is 9.69 Å². The van der Waals surface area contributed by atoms with Crippen LogP contribution in [0.1, 0.15) is 41.4 Å². The molecule has 0 aliphatic carbocycles. The lowest BCUT2D eigenvalue weighted by Crippen LogP contribution is -2.29. The lowest BCUT2D eigenvalue weighted by molar-refractivity contribution is -0.385. The number of nitro benzene ring substituents is 1. The molecule has 1 aliphatic rings. The zero-order valence-electron chi connectivity index (χ0n) is 16.1. The molecule has 0 spiro atoms. The SMILES string of the molecule is O=C(Nc1ccccc1C(=O)O)c1ccc(N2C(=O)c3cccc([N+](=O)[O-])c3C2=O)cc1. The number of carboxylic acid groups (broad SMARTS) is 1.